The highest BCUT2D eigenvalue weighted by Gasteiger charge is 2.40. The van der Waals surface area contributed by atoms with Crippen LogP contribution in [0.5, 0.6) is 5.75 Å². The Morgan fingerprint density at radius 3 is 2.71 bits per heavy atom. The quantitative estimate of drug-likeness (QED) is 0.499. The molecule has 34 heavy (non-hydrogen) atoms. The molecule has 0 saturated carbocycles. The van der Waals surface area contributed by atoms with E-state index in [0.29, 0.717) is 42.8 Å². The van der Waals surface area contributed by atoms with Crippen LogP contribution >= 0.6 is 0 Å². The third-order valence-corrected chi connectivity index (χ3v) is 6.18. The van der Waals surface area contributed by atoms with Gasteiger partial charge in [0.05, 0.1) is 25.7 Å². The molecule has 9 nitrogen and oxygen atoms in total. The number of benzene rings is 2. The summed E-state index contributed by atoms with van der Waals surface area (Å²) in [6.45, 7) is 3.49. The number of amides is 1. The van der Waals surface area contributed by atoms with Crippen molar-refractivity contribution in [2.24, 2.45) is 4.99 Å². The molecule has 0 aliphatic carbocycles. The number of aryl methyl sites for hydroxylation is 1. The van der Waals surface area contributed by atoms with Gasteiger partial charge in [-0.05, 0) is 30.7 Å². The van der Waals surface area contributed by atoms with Gasteiger partial charge in [0.1, 0.15) is 23.1 Å². The highest BCUT2D eigenvalue weighted by molar-refractivity contribution is 6.17. The van der Waals surface area contributed by atoms with E-state index in [1.165, 1.54) is 0 Å². The Labute approximate surface area is 196 Å². The van der Waals surface area contributed by atoms with Crippen molar-refractivity contribution in [1.82, 2.24) is 24.8 Å². The first-order valence-corrected chi connectivity index (χ1v) is 11.2. The van der Waals surface area contributed by atoms with Crippen LogP contribution in [0.15, 0.2) is 53.5 Å². The molecule has 4 heterocycles. The first-order chi connectivity index (χ1) is 16.6. The van der Waals surface area contributed by atoms with Crippen LogP contribution in [0, 0.1) is 6.92 Å². The van der Waals surface area contributed by atoms with E-state index in [9.17, 15) is 4.79 Å². The van der Waals surface area contributed by atoms with Gasteiger partial charge < -0.3 is 9.72 Å². The SMILES string of the molecule is COc1ccc(Cc2nc3c([nH]2)C(=O)N(Cc2nc(C)c4ccccc4n2)C2=NCCN23)cc1. The summed E-state index contributed by atoms with van der Waals surface area (Å²) in [7, 11) is 1.65. The molecular weight excluding hydrogens is 430 g/mol. The number of para-hydroxylation sites is 1. The molecule has 9 heteroatoms. The molecule has 2 aromatic heterocycles. The minimum atomic E-state index is -0.171. The van der Waals surface area contributed by atoms with Crippen LogP contribution in [-0.4, -0.2) is 56.9 Å². The largest absolute Gasteiger partial charge is 0.497 e. The van der Waals surface area contributed by atoms with Crippen molar-refractivity contribution in [2.75, 3.05) is 25.1 Å². The van der Waals surface area contributed by atoms with Crippen molar-refractivity contribution in [3.05, 3.63) is 77.1 Å². The van der Waals surface area contributed by atoms with Gasteiger partial charge in [0.2, 0.25) is 5.96 Å². The Bertz CT molecular complexity index is 1440. The fraction of sp³-hybridized carbons (Fsp3) is 0.240. The molecule has 0 bridgehead atoms. The number of carbonyl (C=O) groups is 1. The van der Waals surface area contributed by atoms with Gasteiger partial charge in [-0.25, -0.2) is 15.0 Å². The number of hydrogen-bond donors (Lipinski definition) is 1. The molecule has 0 saturated heterocycles. The highest BCUT2D eigenvalue weighted by atomic mass is 16.5. The second-order valence-corrected chi connectivity index (χ2v) is 8.37. The minimum Gasteiger partial charge on any atom is -0.497 e. The van der Waals surface area contributed by atoms with E-state index < -0.39 is 0 Å². The number of ether oxygens (including phenoxy) is 1. The summed E-state index contributed by atoms with van der Waals surface area (Å²) in [4.78, 5) is 39.2. The summed E-state index contributed by atoms with van der Waals surface area (Å²) in [5.74, 6) is 3.19. The molecule has 0 unspecified atom stereocenters. The van der Waals surface area contributed by atoms with Crippen LogP contribution in [0.25, 0.3) is 10.9 Å². The fourth-order valence-electron chi connectivity index (χ4n) is 4.52. The summed E-state index contributed by atoms with van der Waals surface area (Å²) in [5.41, 5.74) is 3.30. The standard InChI is InChI=1S/C25H23N7O2/c1-15-18-5-3-4-6-19(18)28-21(27-15)14-32-24(33)22-23(31-12-11-26-25(31)32)30-20(29-22)13-16-7-9-17(34-2)10-8-16/h3-10H,11-14H2,1-2H3,(H,29,30). The number of imidazole rings is 1. The predicted octanol–water partition coefficient (Wildman–Crippen LogP) is 3.09. The maximum Gasteiger partial charge on any atom is 0.281 e. The minimum absolute atomic E-state index is 0.171. The molecule has 170 valence electrons. The van der Waals surface area contributed by atoms with Crippen molar-refractivity contribution in [1.29, 1.82) is 0 Å². The lowest BCUT2D eigenvalue weighted by molar-refractivity contribution is 0.0825. The van der Waals surface area contributed by atoms with Gasteiger partial charge >= 0.3 is 0 Å². The van der Waals surface area contributed by atoms with Crippen molar-refractivity contribution >= 4 is 28.6 Å². The van der Waals surface area contributed by atoms with Gasteiger partial charge in [-0.3, -0.25) is 19.6 Å². The number of anilines is 1. The summed E-state index contributed by atoms with van der Waals surface area (Å²) in [5, 5.41) is 1.01. The Balaban J connectivity index is 1.32. The van der Waals surface area contributed by atoms with Gasteiger partial charge in [0.15, 0.2) is 5.82 Å². The van der Waals surface area contributed by atoms with Crippen LogP contribution in [0.1, 0.15) is 33.4 Å². The van der Waals surface area contributed by atoms with Crippen molar-refractivity contribution in [3.63, 3.8) is 0 Å². The lowest BCUT2D eigenvalue weighted by Crippen LogP contribution is -2.50. The summed E-state index contributed by atoms with van der Waals surface area (Å²) in [6, 6.07) is 15.7. The average Bonchev–Trinajstić information content (AvgIpc) is 3.50. The van der Waals surface area contributed by atoms with Crippen LogP contribution in [0.4, 0.5) is 5.82 Å². The normalized spacial score (nSPS) is 14.9. The third kappa shape index (κ3) is 3.37. The summed E-state index contributed by atoms with van der Waals surface area (Å²) >= 11 is 0. The van der Waals surface area contributed by atoms with Crippen LogP contribution in [0.2, 0.25) is 0 Å². The van der Waals surface area contributed by atoms with E-state index in [1.54, 1.807) is 12.0 Å². The lowest BCUT2D eigenvalue weighted by Gasteiger charge is -2.32. The molecule has 2 aromatic carbocycles. The van der Waals surface area contributed by atoms with E-state index in [2.05, 4.69) is 15.0 Å². The molecule has 0 spiro atoms. The first-order valence-electron chi connectivity index (χ1n) is 11.2. The predicted molar refractivity (Wildman–Crippen MR) is 128 cm³/mol. The molecule has 0 radical (unpaired) electrons. The first kappa shape index (κ1) is 20.3. The van der Waals surface area contributed by atoms with E-state index in [1.807, 2.05) is 60.4 Å². The fourth-order valence-corrected chi connectivity index (χ4v) is 4.52. The van der Waals surface area contributed by atoms with E-state index in [0.717, 1.165) is 33.7 Å². The van der Waals surface area contributed by atoms with Gasteiger partial charge in [-0.1, -0.05) is 30.3 Å². The molecule has 0 fully saturated rings. The maximum absolute atomic E-state index is 13.5. The van der Waals surface area contributed by atoms with E-state index in [-0.39, 0.29) is 12.5 Å². The van der Waals surface area contributed by atoms with E-state index in [4.69, 9.17) is 14.7 Å². The van der Waals surface area contributed by atoms with Crippen LogP contribution < -0.4 is 9.64 Å². The zero-order valence-electron chi connectivity index (χ0n) is 18.9. The Kier molecular flexibility index (Phi) is 4.75. The van der Waals surface area contributed by atoms with E-state index >= 15 is 0 Å². The van der Waals surface area contributed by atoms with Crippen molar-refractivity contribution < 1.29 is 9.53 Å². The number of hydrogen-bond acceptors (Lipinski definition) is 7. The number of rotatable bonds is 5. The second-order valence-electron chi connectivity index (χ2n) is 8.37. The molecule has 6 rings (SSSR count). The number of aliphatic imine (C=N–C) groups is 1. The third-order valence-electron chi connectivity index (χ3n) is 6.18. The van der Waals surface area contributed by atoms with Crippen LogP contribution in [0.3, 0.4) is 0 Å². The zero-order chi connectivity index (χ0) is 23.2. The lowest BCUT2D eigenvalue weighted by atomic mass is 10.1. The van der Waals surface area contributed by atoms with Gasteiger partial charge in [-0.15, -0.1) is 0 Å². The monoisotopic (exact) mass is 453 g/mol. The number of carbonyl (C=O) groups excluding carboxylic acids is 1. The Hall–Kier alpha value is -4.27. The van der Waals surface area contributed by atoms with Crippen molar-refractivity contribution in [3.8, 4) is 5.75 Å². The number of H-pyrrole nitrogens is 1. The smallest absolute Gasteiger partial charge is 0.281 e. The molecule has 4 aromatic rings. The molecule has 1 amide bonds. The Morgan fingerprint density at radius 1 is 1.06 bits per heavy atom. The molecule has 2 aliphatic rings. The number of aromatic amines is 1. The number of fused-ring (bicyclic) bond motifs is 4. The summed E-state index contributed by atoms with van der Waals surface area (Å²) < 4.78 is 5.24. The molecule has 0 atom stereocenters. The zero-order valence-corrected chi connectivity index (χ0v) is 18.9. The van der Waals surface area contributed by atoms with Crippen LogP contribution in [-0.2, 0) is 13.0 Å². The van der Waals surface area contributed by atoms with Gasteiger partial charge in [-0.2, -0.15) is 0 Å². The van der Waals surface area contributed by atoms with Gasteiger partial charge in [0.25, 0.3) is 5.91 Å². The highest BCUT2D eigenvalue weighted by Crippen LogP contribution is 2.30. The Morgan fingerprint density at radius 2 is 1.88 bits per heavy atom. The number of aromatic nitrogens is 4. The van der Waals surface area contributed by atoms with Gasteiger partial charge in [0, 0.05) is 24.0 Å². The molecule has 1 N–H and O–H groups in total. The topological polar surface area (TPSA) is 99.6 Å². The molecule has 2 aliphatic heterocycles. The molecular formula is C25H23N7O2. The average molecular weight is 454 g/mol. The number of methoxy groups -OCH3 is 1. The summed E-state index contributed by atoms with van der Waals surface area (Å²) in [6.07, 6.45) is 0.581. The number of nitrogens with zero attached hydrogens (tertiary/aromatic N) is 6. The number of nitrogens with one attached hydrogen (secondary N) is 1. The number of guanidine groups is 1. The maximum atomic E-state index is 13.5. The second kappa shape index (κ2) is 7.95. The van der Waals surface area contributed by atoms with Crippen molar-refractivity contribution in [2.45, 2.75) is 19.9 Å².